The predicted molar refractivity (Wildman–Crippen MR) is 127 cm³/mol. The van der Waals surface area contributed by atoms with Gasteiger partial charge in [-0.15, -0.1) is 11.3 Å². The fraction of sp³-hybridized carbons (Fsp3) is 0.720. The molecule has 2 saturated heterocycles. The quantitative estimate of drug-likeness (QED) is 0.492. The minimum absolute atomic E-state index is 0.0146. The van der Waals surface area contributed by atoms with Crippen LogP contribution in [0.5, 0.6) is 0 Å². The van der Waals surface area contributed by atoms with Gasteiger partial charge in [-0.3, -0.25) is 9.59 Å². The van der Waals surface area contributed by atoms with Crippen LogP contribution >= 0.6 is 11.3 Å². The molecule has 3 rings (SSSR count). The zero-order valence-corrected chi connectivity index (χ0v) is 21.0. The second kappa shape index (κ2) is 11.2. The third-order valence-electron chi connectivity index (χ3n) is 7.02. The SMILES string of the molecule is C/C(=C\c1csc(C)n1)[C@@H]1C[C@@H]2O[C@@H]2CCC[C@H](C)[C@H](O)[C@@H](C)C(=O)[C@H](C)C(O)CC(=O)O1. The van der Waals surface area contributed by atoms with Crippen molar-refractivity contribution in [3.63, 3.8) is 0 Å². The number of aliphatic hydroxyl groups is 2. The lowest BCUT2D eigenvalue weighted by atomic mass is 9.81. The molecular formula is C25H37NO6S. The first-order valence-electron chi connectivity index (χ1n) is 11.9. The Hall–Kier alpha value is -1.61. The summed E-state index contributed by atoms with van der Waals surface area (Å²) in [5.74, 6) is -2.22. The second-order valence-electron chi connectivity index (χ2n) is 9.76. The van der Waals surface area contributed by atoms with E-state index in [4.69, 9.17) is 9.47 Å². The van der Waals surface area contributed by atoms with Gasteiger partial charge in [0.1, 0.15) is 11.9 Å². The lowest BCUT2D eigenvalue weighted by molar-refractivity contribution is -0.151. The molecule has 8 heteroatoms. The lowest BCUT2D eigenvalue weighted by Gasteiger charge is -2.28. The molecular weight excluding hydrogens is 442 g/mol. The Kier molecular flexibility index (Phi) is 8.83. The monoisotopic (exact) mass is 479 g/mol. The first-order valence-corrected chi connectivity index (χ1v) is 12.8. The van der Waals surface area contributed by atoms with Crippen molar-refractivity contribution >= 4 is 29.2 Å². The number of ketones is 1. The molecule has 8 atom stereocenters. The summed E-state index contributed by atoms with van der Waals surface area (Å²) in [7, 11) is 0. The number of aliphatic hydroxyl groups excluding tert-OH is 2. The summed E-state index contributed by atoms with van der Waals surface area (Å²) in [5, 5.41) is 24.1. The van der Waals surface area contributed by atoms with Gasteiger partial charge in [0.25, 0.3) is 0 Å². The summed E-state index contributed by atoms with van der Waals surface area (Å²) in [4.78, 5) is 30.0. The highest BCUT2D eigenvalue weighted by molar-refractivity contribution is 7.09. The van der Waals surface area contributed by atoms with Crippen LogP contribution in [0.15, 0.2) is 11.0 Å². The molecule has 2 fully saturated rings. The lowest BCUT2D eigenvalue weighted by Crippen LogP contribution is -2.39. The Morgan fingerprint density at radius 1 is 1.15 bits per heavy atom. The molecule has 0 aromatic carbocycles. The number of carbonyl (C=O) groups excluding carboxylic acids is 2. The van der Waals surface area contributed by atoms with Gasteiger partial charge in [-0.1, -0.05) is 27.2 Å². The number of hydrogen-bond acceptors (Lipinski definition) is 8. The number of aryl methyl sites for hydroxylation is 1. The van der Waals surface area contributed by atoms with Crippen molar-refractivity contribution in [2.45, 2.75) is 97.2 Å². The number of rotatable bonds is 2. The number of hydrogen-bond donors (Lipinski definition) is 2. The molecule has 2 N–H and O–H groups in total. The zero-order chi connectivity index (χ0) is 24.3. The third kappa shape index (κ3) is 6.94. The minimum Gasteiger partial charge on any atom is -0.458 e. The number of carbonyl (C=O) groups is 2. The molecule has 1 aromatic rings. The number of fused-ring (bicyclic) bond motifs is 1. The molecule has 0 saturated carbocycles. The summed E-state index contributed by atoms with van der Waals surface area (Å²) in [6.07, 6.45) is 2.43. The Bertz CT molecular complexity index is 867. The van der Waals surface area contributed by atoms with E-state index in [0.717, 1.165) is 35.5 Å². The van der Waals surface area contributed by atoms with Crippen LogP contribution in [0.25, 0.3) is 6.08 Å². The van der Waals surface area contributed by atoms with Gasteiger partial charge >= 0.3 is 5.97 Å². The van der Waals surface area contributed by atoms with E-state index < -0.39 is 36.1 Å². The van der Waals surface area contributed by atoms with Crippen LogP contribution in [-0.4, -0.2) is 57.5 Å². The van der Waals surface area contributed by atoms with Gasteiger partial charge in [0.05, 0.1) is 41.5 Å². The molecule has 33 heavy (non-hydrogen) atoms. The second-order valence-corrected chi connectivity index (χ2v) is 10.8. The highest BCUT2D eigenvalue weighted by atomic mass is 32.1. The summed E-state index contributed by atoms with van der Waals surface area (Å²) in [6, 6.07) is 0. The van der Waals surface area contributed by atoms with Crippen LogP contribution in [0.4, 0.5) is 0 Å². The molecule has 0 aliphatic carbocycles. The van der Waals surface area contributed by atoms with Crippen molar-refractivity contribution in [2.24, 2.45) is 17.8 Å². The van der Waals surface area contributed by atoms with Gasteiger partial charge < -0.3 is 19.7 Å². The normalized spacial score (nSPS) is 37.4. The number of aromatic nitrogens is 1. The Balaban J connectivity index is 1.77. The van der Waals surface area contributed by atoms with Crippen molar-refractivity contribution in [1.29, 1.82) is 0 Å². The van der Waals surface area contributed by atoms with Crippen LogP contribution in [0, 0.1) is 24.7 Å². The highest BCUT2D eigenvalue weighted by Crippen LogP contribution is 2.35. The molecule has 0 spiro atoms. The van der Waals surface area contributed by atoms with E-state index in [2.05, 4.69) is 4.98 Å². The third-order valence-corrected chi connectivity index (χ3v) is 7.81. The number of nitrogens with zero attached hydrogens (tertiary/aromatic N) is 1. The number of cyclic esters (lactones) is 1. The average molecular weight is 480 g/mol. The predicted octanol–water partition coefficient (Wildman–Crippen LogP) is 3.70. The average Bonchev–Trinajstić information content (AvgIpc) is 3.38. The zero-order valence-electron chi connectivity index (χ0n) is 20.2. The molecule has 0 bridgehead atoms. The fourth-order valence-corrected chi connectivity index (χ4v) is 5.15. The van der Waals surface area contributed by atoms with Crippen LogP contribution in [0.1, 0.15) is 70.5 Å². The highest BCUT2D eigenvalue weighted by Gasteiger charge is 2.42. The minimum atomic E-state index is -1.17. The molecule has 184 valence electrons. The van der Waals surface area contributed by atoms with Crippen LogP contribution in [0.3, 0.4) is 0 Å². The topological polar surface area (TPSA) is 109 Å². The molecule has 1 unspecified atom stereocenters. The summed E-state index contributed by atoms with van der Waals surface area (Å²) < 4.78 is 11.6. The van der Waals surface area contributed by atoms with Crippen LogP contribution in [-0.2, 0) is 19.1 Å². The standard InChI is InChI=1S/C25H37NO6S/c1-13-7-6-8-20-22(31-20)11-21(14(2)9-18-12-33-17(5)26-18)32-23(28)10-19(27)15(3)25(30)16(4)24(13)29/h9,12-13,15-16,19-22,24,27,29H,6-8,10-11H2,1-5H3/b14-9+/t13-,15+,16+,19?,20+,21-,22-,24-/m0/s1. The number of Topliss-reactive ketones (excluding diaryl/α,β-unsaturated/α-hetero) is 1. The fourth-order valence-electron chi connectivity index (χ4n) is 4.58. The molecule has 3 heterocycles. The van der Waals surface area contributed by atoms with Crippen LogP contribution < -0.4 is 0 Å². The van der Waals surface area contributed by atoms with E-state index in [0.29, 0.717) is 6.42 Å². The van der Waals surface area contributed by atoms with Gasteiger partial charge in [0.15, 0.2) is 0 Å². The molecule has 7 nitrogen and oxygen atoms in total. The molecule has 1 aromatic heterocycles. The molecule has 0 radical (unpaired) electrons. The van der Waals surface area contributed by atoms with Crippen molar-refractivity contribution in [3.8, 4) is 0 Å². The number of esters is 1. The Morgan fingerprint density at radius 2 is 1.88 bits per heavy atom. The van der Waals surface area contributed by atoms with Gasteiger partial charge in [0.2, 0.25) is 0 Å². The number of thiazole rings is 1. The van der Waals surface area contributed by atoms with E-state index in [1.54, 1.807) is 25.2 Å². The Morgan fingerprint density at radius 3 is 2.55 bits per heavy atom. The van der Waals surface area contributed by atoms with Crippen molar-refractivity contribution in [2.75, 3.05) is 0 Å². The van der Waals surface area contributed by atoms with Gasteiger partial charge in [-0.25, -0.2) is 4.98 Å². The first-order chi connectivity index (χ1) is 15.6. The number of epoxide rings is 1. The van der Waals surface area contributed by atoms with Crippen molar-refractivity contribution < 1.29 is 29.3 Å². The largest absolute Gasteiger partial charge is 0.458 e. The smallest absolute Gasteiger partial charge is 0.309 e. The Labute approximate surface area is 200 Å². The van der Waals surface area contributed by atoms with Gasteiger partial charge in [-0.2, -0.15) is 0 Å². The van der Waals surface area contributed by atoms with Crippen LogP contribution in [0.2, 0.25) is 0 Å². The summed E-state index contributed by atoms with van der Waals surface area (Å²) in [5.41, 5.74) is 1.69. The molecule has 0 amide bonds. The van der Waals surface area contributed by atoms with Crippen molar-refractivity contribution in [3.05, 3.63) is 21.7 Å². The van der Waals surface area contributed by atoms with E-state index >= 15 is 0 Å². The molecule has 2 aliphatic heterocycles. The van der Waals surface area contributed by atoms with E-state index in [1.165, 1.54) is 0 Å². The van der Waals surface area contributed by atoms with Crippen molar-refractivity contribution in [1.82, 2.24) is 4.98 Å². The maximum absolute atomic E-state index is 12.8. The molecule has 2 aliphatic rings. The maximum Gasteiger partial charge on any atom is 0.309 e. The van der Waals surface area contributed by atoms with E-state index in [-0.39, 0.29) is 30.3 Å². The number of ether oxygens (including phenoxy) is 2. The first kappa shape index (κ1) is 26.0. The van der Waals surface area contributed by atoms with Gasteiger partial charge in [-0.05, 0) is 44.3 Å². The van der Waals surface area contributed by atoms with Gasteiger partial charge in [0, 0.05) is 23.6 Å². The maximum atomic E-state index is 12.8. The summed E-state index contributed by atoms with van der Waals surface area (Å²) in [6.45, 7) is 9.10. The van der Waals surface area contributed by atoms with E-state index in [1.807, 2.05) is 32.2 Å². The summed E-state index contributed by atoms with van der Waals surface area (Å²) >= 11 is 1.56. The van der Waals surface area contributed by atoms with E-state index in [9.17, 15) is 19.8 Å².